The molecule has 3 rings (SSSR count). The fourth-order valence-electron chi connectivity index (χ4n) is 3.77. The molecular formula is C16H15F6NO. The van der Waals surface area contributed by atoms with E-state index in [0.717, 1.165) is 12.8 Å². The average molecular weight is 351 g/mol. The highest BCUT2D eigenvalue weighted by molar-refractivity contribution is 6.01. The summed E-state index contributed by atoms with van der Waals surface area (Å²) >= 11 is 0. The Hall–Kier alpha value is -1.57. The van der Waals surface area contributed by atoms with Crippen LogP contribution in [-0.4, -0.2) is 17.9 Å². The standard InChI is InChI=1S/C16H15F6NO/c17-15(18,19)11-2-1-3-12(16(20,21)22)13(11)14(24)8-6-9-4-5-10(7-8)23-9/h1-3,8-10,23H,4-7H2. The van der Waals surface area contributed by atoms with Gasteiger partial charge in [0.2, 0.25) is 0 Å². The summed E-state index contributed by atoms with van der Waals surface area (Å²) in [5.41, 5.74) is -4.25. The van der Waals surface area contributed by atoms with Crippen molar-refractivity contribution in [2.24, 2.45) is 5.92 Å². The van der Waals surface area contributed by atoms with Crippen molar-refractivity contribution >= 4 is 5.78 Å². The van der Waals surface area contributed by atoms with E-state index < -0.39 is 40.7 Å². The van der Waals surface area contributed by atoms with E-state index in [1.165, 1.54) is 0 Å². The van der Waals surface area contributed by atoms with Crippen LogP contribution in [0.5, 0.6) is 0 Å². The molecule has 1 aromatic rings. The maximum Gasteiger partial charge on any atom is 0.417 e. The molecule has 132 valence electrons. The van der Waals surface area contributed by atoms with Crippen molar-refractivity contribution in [3.63, 3.8) is 0 Å². The molecular weight excluding hydrogens is 336 g/mol. The molecule has 2 aliphatic rings. The zero-order valence-corrected chi connectivity index (χ0v) is 12.5. The minimum Gasteiger partial charge on any atom is -0.311 e. The van der Waals surface area contributed by atoms with Gasteiger partial charge in [-0.05, 0) is 37.8 Å². The minimum atomic E-state index is -5.02. The Kier molecular flexibility index (Phi) is 4.14. The molecule has 2 aliphatic heterocycles. The molecule has 2 nitrogen and oxygen atoms in total. The third kappa shape index (κ3) is 3.16. The third-order valence-corrected chi connectivity index (χ3v) is 4.77. The summed E-state index contributed by atoms with van der Waals surface area (Å²) in [6.07, 6.45) is -7.89. The lowest BCUT2D eigenvalue weighted by molar-refractivity contribution is -0.143. The van der Waals surface area contributed by atoms with Gasteiger partial charge in [0.15, 0.2) is 5.78 Å². The highest BCUT2D eigenvalue weighted by Crippen LogP contribution is 2.42. The van der Waals surface area contributed by atoms with Crippen molar-refractivity contribution < 1.29 is 31.1 Å². The molecule has 2 heterocycles. The summed E-state index contributed by atoms with van der Waals surface area (Å²) < 4.78 is 79.1. The molecule has 1 N–H and O–H groups in total. The number of carbonyl (C=O) groups is 1. The quantitative estimate of drug-likeness (QED) is 0.631. The monoisotopic (exact) mass is 351 g/mol. The van der Waals surface area contributed by atoms with Gasteiger partial charge in [0.1, 0.15) is 0 Å². The Morgan fingerprint density at radius 3 is 1.79 bits per heavy atom. The van der Waals surface area contributed by atoms with Crippen LogP contribution < -0.4 is 5.32 Å². The molecule has 2 atom stereocenters. The number of carbonyl (C=O) groups excluding carboxylic acids is 1. The molecule has 0 saturated carbocycles. The maximum atomic E-state index is 13.2. The van der Waals surface area contributed by atoms with Gasteiger partial charge in [-0.15, -0.1) is 0 Å². The Bertz CT molecular complexity index is 607. The average Bonchev–Trinajstić information content (AvgIpc) is 2.82. The molecule has 8 heteroatoms. The van der Waals surface area contributed by atoms with Crippen molar-refractivity contribution in [2.45, 2.75) is 50.1 Å². The number of nitrogens with one attached hydrogen (secondary N) is 1. The van der Waals surface area contributed by atoms with E-state index in [-0.39, 0.29) is 24.9 Å². The number of hydrogen-bond donors (Lipinski definition) is 1. The Morgan fingerprint density at radius 2 is 1.38 bits per heavy atom. The highest BCUT2D eigenvalue weighted by atomic mass is 19.4. The van der Waals surface area contributed by atoms with Crippen molar-refractivity contribution in [1.29, 1.82) is 0 Å². The summed E-state index contributed by atoms with van der Waals surface area (Å²) in [5.74, 6) is -1.86. The Balaban J connectivity index is 2.06. The second kappa shape index (κ2) is 5.75. The molecule has 1 aromatic carbocycles. The first kappa shape index (κ1) is 17.3. The number of ketones is 1. The number of rotatable bonds is 2. The van der Waals surface area contributed by atoms with E-state index in [4.69, 9.17) is 0 Å². The first-order chi connectivity index (χ1) is 11.1. The van der Waals surface area contributed by atoms with E-state index in [9.17, 15) is 31.1 Å². The van der Waals surface area contributed by atoms with Gasteiger partial charge in [0, 0.05) is 23.6 Å². The maximum absolute atomic E-state index is 13.2. The van der Waals surface area contributed by atoms with Gasteiger partial charge in [0.05, 0.1) is 11.1 Å². The fourth-order valence-corrected chi connectivity index (χ4v) is 3.77. The first-order valence-corrected chi connectivity index (χ1v) is 7.65. The molecule has 0 aliphatic carbocycles. The number of piperidine rings is 1. The first-order valence-electron chi connectivity index (χ1n) is 7.65. The van der Waals surface area contributed by atoms with Gasteiger partial charge in [-0.2, -0.15) is 26.3 Å². The lowest BCUT2D eigenvalue weighted by Crippen LogP contribution is -2.41. The van der Waals surface area contributed by atoms with E-state index >= 15 is 0 Å². The second-order valence-electron chi connectivity index (χ2n) is 6.39. The Labute approximate surface area is 134 Å². The molecule has 0 radical (unpaired) electrons. The van der Waals surface area contributed by atoms with E-state index in [2.05, 4.69) is 5.32 Å². The lowest BCUT2D eigenvalue weighted by atomic mass is 9.82. The van der Waals surface area contributed by atoms with Crippen LogP contribution in [-0.2, 0) is 12.4 Å². The number of halogens is 6. The van der Waals surface area contributed by atoms with Crippen LogP contribution in [0, 0.1) is 5.92 Å². The smallest absolute Gasteiger partial charge is 0.311 e. The number of alkyl halides is 6. The number of hydrogen-bond acceptors (Lipinski definition) is 2. The van der Waals surface area contributed by atoms with Crippen molar-refractivity contribution in [3.8, 4) is 0 Å². The largest absolute Gasteiger partial charge is 0.417 e. The van der Waals surface area contributed by atoms with E-state index in [0.29, 0.717) is 18.2 Å². The van der Waals surface area contributed by atoms with Crippen LogP contribution >= 0.6 is 0 Å². The molecule has 0 aromatic heterocycles. The van der Waals surface area contributed by atoms with Crippen LogP contribution in [0.4, 0.5) is 26.3 Å². The fraction of sp³-hybridized carbons (Fsp3) is 0.562. The van der Waals surface area contributed by atoms with Crippen LogP contribution in [0.15, 0.2) is 18.2 Å². The molecule has 2 saturated heterocycles. The molecule has 0 spiro atoms. The predicted molar refractivity (Wildman–Crippen MR) is 73.4 cm³/mol. The normalized spacial score (nSPS) is 27.3. The molecule has 2 fully saturated rings. The Morgan fingerprint density at radius 1 is 0.917 bits per heavy atom. The minimum absolute atomic E-state index is 0.00918. The second-order valence-corrected chi connectivity index (χ2v) is 6.39. The topological polar surface area (TPSA) is 29.1 Å². The predicted octanol–water partition coefficient (Wildman–Crippen LogP) is 4.44. The lowest BCUT2D eigenvalue weighted by Gasteiger charge is -2.29. The van der Waals surface area contributed by atoms with Gasteiger partial charge < -0.3 is 5.32 Å². The summed E-state index contributed by atoms with van der Waals surface area (Å²) in [7, 11) is 0. The van der Waals surface area contributed by atoms with Crippen LogP contribution in [0.3, 0.4) is 0 Å². The highest BCUT2D eigenvalue weighted by Gasteiger charge is 2.45. The summed E-state index contributed by atoms with van der Waals surface area (Å²) in [5, 5.41) is 3.22. The van der Waals surface area contributed by atoms with Gasteiger partial charge in [-0.1, -0.05) is 6.07 Å². The van der Waals surface area contributed by atoms with Crippen molar-refractivity contribution in [1.82, 2.24) is 5.32 Å². The summed E-state index contributed by atoms with van der Waals surface area (Å²) in [6.45, 7) is 0. The number of Topliss-reactive ketones (excluding diaryl/α,β-unsaturated/α-hetero) is 1. The number of benzene rings is 1. The van der Waals surface area contributed by atoms with Gasteiger partial charge in [0.25, 0.3) is 0 Å². The zero-order chi connectivity index (χ0) is 17.7. The van der Waals surface area contributed by atoms with Crippen LogP contribution in [0.2, 0.25) is 0 Å². The molecule has 24 heavy (non-hydrogen) atoms. The van der Waals surface area contributed by atoms with Gasteiger partial charge >= 0.3 is 12.4 Å². The van der Waals surface area contributed by atoms with Gasteiger partial charge in [-0.3, -0.25) is 4.79 Å². The van der Waals surface area contributed by atoms with Crippen molar-refractivity contribution in [3.05, 3.63) is 34.9 Å². The van der Waals surface area contributed by atoms with Crippen LogP contribution in [0.1, 0.15) is 47.2 Å². The molecule has 0 amide bonds. The van der Waals surface area contributed by atoms with Gasteiger partial charge in [-0.25, -0.2) is 0 Å². The van der Waals surface area contributed by atoms with Crippen LogP contribution in [0.25, 0.3) is 0 Å². The summed E-state index contributed by atoms with van der Waals surface area (Å²) in [6, 6.07) is 1.75. The molecule has 2 unspecified atom stereocenters. The third-order valence-electron chi connectivity index (χ3n) is 4.77. The van der Waals surface area contributed by atoms with E-state index in [1.54, 1.807) is 0 Å². The zero-order valence-electron chi connectivity index (χ0n) is 12.5. The van der Waals surface area contributed by atoms with E-state index in [1.807, 2.05) is 0 Å². The SMILES string of the molecule is O=C(c1c(C(F)(F)F)cccc1C(F)(F)F)C1CC2CCC(C1)N2. The number of fused-ring (bicyclic) bond motifs is 2. The molecule has 2 bridgehead atoms. The summed E-state index contributed by atoms with van der Waals surface area (Å²) in [4.78, 5) is 12.6. The van der Waals surface area contributed by atoms with Crippen molar-refractivity contribution in [2.75, 3.05) is 0 Å².